The number of hydrogen-bond acceptors (Lipinski definition) is 2. The first-order chi connectivity index (χ1) is 12.4. The van der Waals surface area contributed by atoms with Gasteiger partial charge in [-0.05, 0) is 60.8 Å². The lowest BCUT2D eigenvalue weighted by molar-refractivity contribution is -0.123. The van der Waals surface area contributed by atoms with E-state index in [1.54, 1.807) is 0 Å². The zero-order chi connectivity index (χ0) is 19.3. The third-order valence-corrected chi connectivity index (χ3v) is 6.12. The van der Waals surface area contributed by atoms with Gasteiger partial charge in [0.25, 0.3) is 0 Å². The molecule has 1 aromatic rings. The average Bonchev–Trinajstić information content (AvgIpc) is 2.86. The van der Waals surface area contributed by atoms with Crippen molar-refractivity contribution in [1.82, 2.24) is 0 Å². The number of fused-ring (bicyclic) bond motifs is 2. The molecule has 1 fully saturated rings. The quantitative estimate of drug-likeness (QED) is 0.580. The molecule has 1 aliphatic heterocycles. The summed E-state index contributed by atoms with van der Waals surface area (Å²) in [6.45, 7) is 11.1. The van der Waals surface area contributed by atoms with Crippen LogP contribution < -0.4 is 11.1 Å². The minimum Gasteiger partial charge on any atom is -0.399 e. The lowest BCUT2D eigenvalue weighted by Gasteiger charge is -2.36. The van der Waals surface area contributed by atoms with Crippen LogP contribution in [-0.4, -0.2) is 5.91 Å². The maximum Gasteiger partial charge on any atom is 0.235 e. The third-order valence-electron chi connectivity index (χ3n) is 6.12. The van der Waals surface area contributed by atoms with Crippen LogP contribution in [0.2, 0.25) is 0 Å². The highest BCUT2D eigenvalue weighted by atomic mass is 16.2. The number of anilines is 2. The molecule has 1 heterocycles. The number of amides is 1. The summed E-state index contributed by atoms with van der Waals surface area (Å²) in [6.07, 6.45) is 9.03. The molecule has 0 radical (unpaired) electrons. The Labute approximate surface area is 160 Å². The Hall–Kier alpha value is -1.51. The lowest BCUT2D eigenvalue weighted by Crippen LogP contribution is -2.40. The first-order valence-electron chi connectivity index (χ1n) is 10.6. The average molecular weight is 359 g/mol. The van der Waals surface area contributed by atoms with Gasteiger partial charge in [-0.2, -0.15) is 0 Å². The summed E-state index contributed by atoms with van der Waals surface area (Å²) >= 11 is 0. The van der Waals surface area contributed by atoms with E-state index in [1.165, 1.54) is 17.5 Å². The van der Waals surface area contributed by atoms with Crippen molar-refractivity contribution in [3.05, 3.63) is 23.3 Å². The normalized spacial score (nSPS) is 17.0. The van der Waals surface area contributed by atoms with Gasteiger partial charge in [0.2, 0.25) is 5.91 Å². The smallest absolute Gasteiger partial charge is 0.235 e. The van der Waals surface area contributed by atoms with Crippen LogP contribution in [0, 0.1) is 5.92 Å². The number of carbonyl (C=O) groups excluding carboxylic acids is 1. The van der Waals surface area contributed by atoms with Crippen LogP contribution in [0.15, 0.2) is 12.1 Å². The molecule has 1 aromatic carbocycles. The van der Waals surface area contributed by atoms with Gasteiger partial charge in [0.05, 0.1) is 5.41 Å². The molecule has 26 heavy (non-hydrogen) atoms. The summed E-state index contributed by atoms with van der Waals surface area (Å²) in [4.78, 5) is 12.5. The largest absolute Gasteiger partial charge is 0.399 e. The van der Waals surface area contributed by atoms with Gasteiger partial charge in [0.15, 0.2) is 0 Å². The van der Waals surface area contributed by atoms with Crippen molar-refractivity contribution >= 4 is 17.3 Å². The van der Waals surface area contributed by atoms with E-state index in [-0.39, 0.29) is 11.3 Å². The van der Waals surface area contributed by atoms with Crippen LogP contribution in [0.1, 0.15) is 103 Å². The maximum atomic E-state index is 12.5. The van der Waals surface area contributed by atoms with Gasteiger partial charge in [0, 0.05) is 11.4 Å². The lowest BCUT2D eigenvalue weighted by atomic mass is 9.65. The molecule has 0 bridgehead atoms. The molecule has 0 saturated heterocycles. The molecule has 2 aliphatic rings. The molecule has 1 spiro atoms. The van der Waals surface area contributed by atoms with E-state index >= 15 is 0 Å². The van der Waals surface area contributed by atoms with Crippen LogP contribution in [0.5, 0.6) is 0 Å². The Morgan fingerprint density at radius 2 is 1.69 bits per heavy atom. The number of carbonyl (C=O) groups is 1. The molecular weight excluding hydrogens is 320 g/mol. The van der Waals surface area contributed by atoms with Gasteiger partial charge in [-0.25, -0.2) is 0 Å². The van der Waals surface area contributed by atoms with Crippen molar-refractivity contribution in [2.45, 2.75) is 97.3 Å². The standard InChI is InChI=1S/C18H26N2O.C5H12/c1-3-6-12(7-4-2)14-10-13(19)11-15-16(14)20-17(21)18(15)8-5-9-18;1-4-5(2)3/h10-12H,3-9,19H2,1-2H3,(H,20,21);5H,4H2,1-3H3. The molecule has 0 atom stereocenters. The Bertz CT molecular complexity index is 611. The van der Waals surface area contributed by atoms with Crippen LogP contribution in [-0.2, 0) is 10.2 Å². The van der Waals surface area contributed by atoms with Gasteiger partial charge >= 0.3 is 0 Å². The van der Waals surface area contributed by atoms with Crippen molar-refractivity contribution in [1.29, 1.82) is 0 Å². The van der Waals surface area contributed by atoms with Crippen LogP contribution >= 0.6 is 0 Å². The third kappa shape index (κ3) is 4.07. The van der Waals surface area contributed by atoms with Crippen LogP contribution in [0.25, 0.3) is 0 Å². The highest BCUT2D eigenvalue weighted by Gasteiger charge is 2.51. The first-order valence-corrected chi connectivity index (χ1v) is 10.6. The van der Waals surface area contributed by atoms with Crippen LogP contribution in [0.3, 0.4) is 0 Å². The summed E-state index contributed by atoms with van der Waals surface area (Å²) < 4.78 is 0. The van der Waals surface area contributed by atoms with Crippen LogP contribution in [0.4, 0.5) is 11.4 Å². The summed E-state index contributed by atoms with van der Waals surface area (Å²) in [5, 5.41) is 3.19. The molecule has 1 saturated carbocycles. The fraction of sp³-hybridized carbons (Fsp3) is 0.696. The summed E-state index contributed by atoms with van der Waals surface area (Å²) in [5.41, 5.74) is 10.2. The van der Waals surface area contributed by atoms with Gasteiger partial charge in [-0.3, -0.25) is 4.79 Å². The predicted octanol–water partition coefficient (Wildman–Crippen LogP) is 6.38. The number of benzene rings is 1. The molecule has 1 aliphatic carbocycles. The number of nitrogens with two attached hydrogens (primary N) is 1. The SMILES string of the molecule is CCC(C)C.CCCC(CCC)c1cc(N)cc2c1NC(=O)C21CCC1. The zero-order valence-electron chi connectivity index (χ0n) is 17.5. The Morgan fingerprint density at radius 1 is 1.12 bits per heavy atom. The fourth-order valence-corrected chi connectivity index (χ4v) is 4.06. The van der Waals surface area contributed by atoms with Gasteiger partial charge < -0.3 is 11.1 Å². The Morgan fingerprint density at radius 3 is 2.12 bits per heavy atom. The minimum absolute atomic E-state index is 0.197. The van der Waals surface area contributed by atoms with Crippen molar-refractivity contribution in [3.63, 3.8) is 0 Å². The molecule has 3 rings (SSSR count). The fourth-order valence-electron chi connectivity index (χ4n) is 4.06. The number of nitrogens with one attached hydrogen (secondary N) is 1. The van der Waals surface area contributed by atoms with E-state index in [0.29, 0.717) is 5.92 Å². The Kier molecular flexibility index (Phi) is 7.14. The minimum atomic E-state index is -0.261. The highest BCUT2D eigenvalue weighted by molar-refractivity contribution is 6.08. The molecule has 0 aromatic heterocycles. The van der Waals surface area contributed by atoms with Crippen molar-refractivity contribution in [2.75, 3.05) is 11.1 Å². The van der Waals surface area contributed by atoms with Crippen molar-refractivity contribution in [3.8, 4) is 0 Å². The summed E-state index contributed by atoms with van der Waals surface area (Å²) in [5.74, 6) is 1.59. The second-order valence-corrected chi connectivity index (χ2v) is 8.50. The number of nitrogen functional groups attached to an aromatic ring is 1. The first kappa shape index (κ1) is 20.8. The van der Waals surface area contributed by atoms with Crippen molar-refractivity contribution < 1.29 is 4.79 Å². The van der Waals surface area contributed by atoms with Gasteiger partial charge in [-0.15, -0.1) is 0 Å². The topological polar surface area (TPSA) is 55.1 Å². The summed E-state index contributed by atoms with van der Waals surface area (Å²) in [7, 11) is 0. The molecule has 3 heteroatoms. The molecule has 0 unspecified atom stereocenters. The zero-order valence-corrected chi connectivity index (χ0v) is 17.5. The monoisotopic (exact) mass is 358 g/mol. The van der Waals surface area contributed by atoms with Gasteiger partial charge in [-0.1, -0.05) is 60.3 Å². The predicted molar refractivity (Wildman–Crippen MR) is 113 cm³/mol. The second-order valence-electron chi connectivity index (χ2n) is 8.50. The van der Waals surface area contributed by atoms with E-state index in [0.717, 1.165) is 62.2 Å². The highest BCUT2D eigenvalue weighted by Crippen LogP contribution is 2.53. The van der Waals surface area contributed by atoms with Crippen molar-refractivity contribution in [2.24, 2.45) is 5.92 Å². The Balaban J connectivity index is 0.000000431. The molecule has 1 amide bonds. The van der Waals surface area contributed by atoms with E-state index in [1.807, 2.05) is 6.07 Å². The van der Waals surface area contributed by atoms with E-state index < -0.39 is 0 Å². The van der Waals surface area contributed by atoms with E-state index in [4.69, 9.17) is 5.73 Å². The van der Waals surface area contributed by atoms with E-state index in [9.17, 15) is 4.79 Å². The number of hydrogen-bond donors (Lipinski definition) is 2. The summed E-state index contributed by atoms with van der Waals surface area (Å²) in [6, 6.07) is 4.12. The molecule has 3 nitrogen and oxygen atoms in total. The second kappa shape index (κ2) is 8.92. The molecule has 3 N–H and O–H groups in total. The molecule has 146 valence electrons. The van der Waals surface area contributed by atoms with E-state index in [2.05, 4.69) is 46.0 Å². The van der Waals surface area contributed by atoms with Gasteiger partial charge in [0.1, 0.15) is 0 Å². The maximum absolute atomic E-state index is 12.5. The molecular formula is C23H38N2O. The number of rotatable bonds is 6.